The molecule has 1 atom stereocenters. The van der Waals surface area contributed by atoms with Gasteiger partial charge >= 0.3 is 6.09 Å². The Morgan fingerprint density at radius 3 is 3.18 bits per heavy atom. The summed E-state index contributed by atoms with van der Waals surface area (Å²) in [6.07, 6.45) is -0.173. The Hall–Kier alpha value is -2.48. The van der Waals surface area contributed by atoms with Crippen LogP contribution in [0.3, 0.4) is 0 Å². The van der Waals surface area contributed by atoms with Crippen LogP contribution in [0.4, 0.5) is 10.6 Å². The molecule has 0 spiro atoms. The molecule has 2 aromatic rings. The molecular formula is C14H18N4O4. The number of hydrogen-bond acceptors (Lipinski definition) is 6. The van der Waals surface area contributed by atoms with E-state index in [0.29, 0.717) is 35.6 Å². The van der Waals surface area contributed by atoms with E-state index in [1.807, 2.05) is 12.1 Å². The van der Waals surface area contributed by atoms with Gasteiger partial charge in [0, 0.05) is 25.7 Å². The summed E-state index contributed by atoms with van der Waals surface area (Å²) in [7, 11) is 1.58. The maximum Gasteiger partial charge on any atom is 0.404 e. The molecule has 0 radical (unpaired) electrons. The van der Waals surface area contributed by atoms with Crippen molar-refractivity contribution in [2.75, 3.05) is 25.9 Å². The van der Waals surface area contributed by atoms with Gasteiger partial charge in [-0.25, -0.2) is 4.79 Å². The van der Waals surface area contributed by atoms with Crippen LogP contribution in [-0.4, -0.2) is 47.5 Å². The number of amides is 1. The summed E-state index contributed by atoms with van der Waals surface area (Å²) >= 11 is 0. The topological polar surface area (TPSA) is 114 Å². The zero-order chi connectivity index (χ0) is 15.7. The van der Waals surface area contributed by atoms with Crippen LogP contribution in [0.5, 0.6) is 5.75 Å². The Labute approximate surface area is 126 Å². The van der Waals surface area contributed by atoms with Gasteiger partial charge in [0.2, 0.25) is 0 Å². The molecule has 0 bridgehead atoms. The number of likely N-dealkylation sites (tertiary alicyclic amines) is 1. The van der Waals surface area contributed by atoms with Crippen molar-refractivity contribution in [1.82, 2.24) is 15.4 Å². The average molecular weight is 306 g/mol. The Morgan fingerprint density at radius 2 is 2.45 bits per heavy atom. The molecule has 2 heterocycles. The summed E-state index contributed by atoms with van der Waals surface area (Å²) in [6, 6.07) is 3.77. The van der Waals surface area contributed by atoms with Crippen molar-refractivity contribution in [3.05, 3.63) is 17.7 Å². The third-order valence-electron chi connectivity index (χ3n) is 3.85. The van der Waals surface area contributed by atoms with Crippen LogP contribution in [0.2, 0.25) is 0 Å². The summed E-state index contributed by atoms with van der Waals surface area (Å²) in [6.45, 7) is 2.21. The molecule has 1 aliphatic rings. The van der Waals surface area contributed by atoms with Gasteiger partial charge in [0.05, 0.1) is 7.11 Å². The number of ether oxygens (including phenoxy) is 1. The quantitative estimate of drug-likeness (QED) is 0.779. The zero-order valence-electron chi connectivity index (χ0n) is 12.2. The highest BCUT2D eigenvalue weighted by Gasteiger charge is 2.24. The molecule has 1 fully saturated rings. The molecule has 1 aromatic carbocycles. The highest BCUT2D eigenvalue weighted by Crippen LogP contribution is 2.32. The molecule has 22 heavy (non-hydrogen) atoms. The summed E-state index contributed by atoms with van der Waals surface area (Å²) in [4.78, 5) is 12.9. The standard InChI is InChI=1S/C14H18N4O4/c1-21-10-4-8(5-11-12(10)13(15)17-22-11)6-18-3-2-9(7-18)16-14(19)20/h4-5,9,16H,2-3,6-7H2,1H3,(H2,15,17)(H,19,20). The van der Waals surface area contributed by atoms with Crippen LogP contribution < -0.4 is 15.8 Å². The molecule has 8 heteroatoms. The van der Waals surface area contributed by atoms with Gasteiger partial charge in [-0.3, -0.25) is 4.90 Å². The Kier molecular flexibility index (Phi) is 3.76. The fourth-order valence-electron chi connectivity index (χ4n) is 2.89. The van der Waals surface area contributed by atoms with Gasteiger partial charge in [-0.15, -0.1) is 0 Å². The van der Waals surface area contributed by atoms with Gasteiger partial charge in [0.25, 0.3) is 0 Å². The van der Waals surface area contributed by atoms with Gasteiger partial charge < -0.3 is 25.4 Å². The first kappa shape index (κ1) is 14.5. The lowest BCUT2D eigenvalue weighted by Gasteiger charge is -2.16. The lowest BCUT2D eigenvalue weighted by atomic mass is 10.1. The fourth-order valence-corrected chi connectivity index (χ4v) is 2.89. The first-order valence-electron chi connectivity index (χ1n) is 7.00. The predicted molar refractivity (Wildman–Crippen MR) is 79.8 cm³/mol. The highest BCUT2D eigenvalue weighted by atomic mass is 16.5. The van der Waals surface area contributed by atoms with Gasteiger partial charge in [0.1, 0.15) is 11.1 Å². The van der Waals surface area contributed by atoms with E-state index in [4.69, 9.17) is 20.1 Å². The molecule has 4 N–H and O–H groups in total. The van der Waals surface area contributed by atoms with Gasteiger partial charge in [-0.05, 0) is 24.1 Å². The van der Waals surface area contributed by atoms with Crippen LogP contribution in [0.1, 0.15) is 12.0 Å². The summed E-state index contributed by atoms with van der Waals surface area (Å²) < 4.78 is 10.6. The first-order valence-corrected chi connectivity index (χ1v) is 7.00. The molecular weight excluding hydrogens is 288 g/mol. The van der Waals surface area contributed by atoms with Crippen LogP contribution in [-0.2, 0) is 6.54 Å². The van der Waals surface area contributed by atoms with E-state index in [1.165, 1.54) is 0 Å². The highest BCUT2D eigenvalue weighted by molar-refractivity contribution is 5.93. The SMILES string of the molecule is COc1cc(CN2CCC(NC(=O)O)C2)cc2onc(N)c12. The van der Waals surface area contributed by atoms with E-state index < -0.39 is 6.09 Å². The number of methoxy groups -OCH3 is 1. The smallest absolute Gasteiger partial charge is 0.404 e. The lowest BCUT2D eigenvalue weighted by Crippen LogP contribution is -2.35. The number of nitrogens with two attached hydrogens (primary N) is 1. The van der Waals surface area contributed by atoms with Crippen molar-refractivity contribution in [2.24, 2.45) is 0 Å². The number of fused-ring (bicyclic) bond motifs is 1. The molecule has 1 saturated heterocycles. The molecule has 1 amide bonds. The Morgan fingerprint density at radius 1 is 1.64 bits per heavy atom. The number of nitrogens with one attached hydrogen (secondary N) is 1. The number of nitrogens with zero attached hydrogens (tertiary/aromatic N) is 2. The van der Waals surface area contributed by atoms with Crippen LogP contribution in [0, 0.1) is 0 Å². The van der Waals surface area contributed by atoms with Gasteiger partial charge in [-0.2, -0.15) is 0 Å². The van der Waals surface area contributed by atoms with Crippen molar-refractivity contribution < 1.29 is 19.2 Å². The second kappa shape index (κ2) is 5.72. The number of rotatable bonds is 4. The first-order chi connectivity index (χ1) is 10.6. The molecule has 0 aliphatic carbocycles. The Bertz CT molecular complexity index is 699. The minimum absolute atomic E-state index is 0.0240. The number of nitrogen functional groups attached to an aromatic ring is 1. The normalized spacial score (nSPS) is 18.7. The second-order valence-electron chi connectivity index (χ2n) is 5.41. The Balaban J connectivity index is 1.76. The zero-order valence-corrected chi connectivity index (χ0v) is 12.2. The van der Waals surface area contributed by atoms with E-state index >= 15 is 0 Å². The minimum Gasteiger partial charge on any atom is -0.496 e. The lowest BCUT2D eigenvalue weighted by molar-refractivity contribution is 0.189. The largest absolute Gasteiger partial charge is 0.496 e. The van der Waals surface area contributed by atoms with E-state index in [0.717, 1.165) is 18.5 Å². The molecule has 1 aromatic heterocycles. The van der Waals surface area contributed by atoms with Crippen molar-refractivity contribution in [1.29, 1.82) is 0 Å². The van der Waals surface area contributed by atoms with Crippen molar-refractivity contribution in [2.45, 2.75) is 19.0 Å². The third kappa shape index (κ3) is 2.77. The monoisotopic (exact) mass is 306 g/mol. The van der Waals surface area contributed by atoms with Crippen molar-refractivity contribution in [3.63, 3.8) is 0 Å². The number of carboxylic acid groups (broad SMARTS) is 1. The number of aromatic nitrogens is 1. The maximum absolute atomic E-state index is 10.7. The number of carbonyl (C=O) groups is 1. The van der Waals surface area contributed by atoms with Crippen molar-refractivity contribution >= 4 is 22.9 Å². The second-order valence-corrected chi connectivity index (χ2v) is 5.41. The van der Waals surface area contributed by atoms with Gasteiger partial charge in [-0.1, -0.05) is 5.16 Å². The molecule has 1 unspecified atom stereocenters. The predicted octanol–water partition coefficient (Wildman–Crippen LogP) is 1.26. The number of benzene rings is 1. The third-order valence-corrected chi connectivity index (χ3v) is 3.85. The molecule has 3 rings (SSSR count). The van der Waals surface area contributed by atoms with E-state index in [1.54, 1.807) is 7.11 Å². The molecule has 1 aliphatic heterocycles. The van der Waals surface area contributed by atoms with Crippen LogP contribution >= 0.6 is 0 Å². The summed E-state index contributed by atoms with van der Waals surface area (Å²) in [5.41, 5.74) is 7.37. The maximum atomic E-state index is 10.7. The summed E-state index contributed by atoms with van der Waals surface area (Å²) in [5.74, 6) is 0.941. The molecule has 8 nitrogen and oxygen atoms in total. The van der Waals surface area contributed by atoms with Crippen LogP contribution in [0.25, 0.3) is 11.0 Å². The number of anilines is 1. The average Bonchev–Trinajstić information content (AvgIpc) is 3.05. The van der Waals surface area contributed by atoms with E-state index in [9.17, 15) is 4.79 Å². The summed E-state index contributed by atoms with van der Waals surface area (Å²) in [5, 5.41) is 15.7. The van der Waals surface area contributed by atoms with Gasteiger partial charge in [0.15, 0.2) is 11.4 Å². The van der Waals surface area contributed by atoms with Crippen LogP contribution in [0.15, 0.2) is 16.7 Å². The van der Waals surface area contributed by atoms with Crippen molar-refractivity contribution in [3.8, 4) is 5.75 Å². The molecule has 0 saturated carbocycles. The van der Waals surface area contributed by atoms with E-state index in [2.05, 4.69) is 15.4 Å². The van der Waals surface area contributed by atoms with E-state index in [-0.39, 0.29) is 6.04 Å². The number of hydrogen-bond donors (Lipinski definition) is 3. The minimum atomic E-state index is -0.980. The molecule has 118 valence electrons. The fraction of sp³-hybridized carbons (Fsp3) is 0.429.